The van der Waals surface area contributed by atoms with Gasteiger partial charge in [-0.25, -0.2) is 0 Å². The fourth-order valence-corrected chi connectivity index (χ4v) is 2.76. The maximum Gasteiger partial charge on any atom is 0.251 e. The minimum atomic E-state index is -0.0240. The van der Waals surface area contributed by atoms with Crippen molar-refractivity contribution in [3.63, 3.8) is 0 Å². The van der Waals surface area contributed by atoms with Gasteiger partial charge in [0.2, 0.25) is 0 Å². The van der Waals surface area contributed by atoms with Gasteiger partial charge in [-0.2, -0.15) is 5.10 Å². The lowest BCUT2D eigenvalue weighted by Gasteiger charge is -2.07. The van der Waals surface area contributed by atoms with Gasteiger partial charge in [0.1, 0.15) is 0 Å². The highest BCUT2D eigenvalue weighted by atomic mass is 16.1. The van der Waals surface area contributed by atoms with Crippen molar-refractivity contribution in [2.75, 3.05) is 6.54 Å². The minimum absolute atomic E-state index is 0.0240. The second-order valence-corrected chi connectivity index (χ2v) is 5.82. The van der Waals surface area contributed by atoms with Gasteiger partial charge >= 0.3 is 0 Å². The number of carbonyl (C=O) groups excluding carboxylic acids is 1. The molecule has 23 heavy (non-hydrogen) atoms. The summed E-state index contributed by atoms with van der Waals surface area (Å²) >= 11 is 0. The smallest absolute Gasteiger partial charge is 0.251 e. The maximum absolute atomic E-state index is 12.2. The quantitative estimate of drug-likeness (QED) is 0.734. The number of aromatic nitrogens is 2. The molecular weight excluding hydrogens is 286 g/mol. The zero-order chi connectivity index (χ0) is 16.2. The van der Waals surface area contributed by atoms with Gasteiger partial charge in [-0.1, -0.05) is 30.3 Å². The summed E-state index contributed by atoms with van der Waals surface area (Å²) in [6, 6.07) is 15.9. The lowest BCUT2D eigenvalue weighted by atomic mass is 10.1. The van der Waals surface area contributed by atoms with Crippen LogP contribution in [-0.2, 0) is 6.54 Å². The molecule has 0 fully saturated rings. The van der Waals surface area contributed by atoms with E-state index in [0.717, 1.165) is 35.1 Å². The second-order valence-electron chi connectivity index (χ2n) is 5.82. The summed E-state index contributed by atoms with van der Waals surface area (Å²) in [7, 11) is 0. The van der Waals surface area contributed by atoms with Crippen LogP contribution in [0, 0.1) is 13.8 Å². The summed E-state index contributed by atoms with van der Waals surface area (Å²) in [6.45, 7) is 5.50. The van der Waals surface area contributed by atoms with E-state index in [0.29, 0.717) is 12.1 Å². The largest absolute Gasteiger partial charge is 0.352 e. The lowest BCUT2D eigenvalue weighted by molar-refractivity contribution is 0.0952. The Bertz CT molecular complexity index is 836. The highest BCUT2D eigenvalue weighted by molar-refractivity contribution is 5.98. The number of amides is 1. The van der Waals surface area contributed by atoms with Gasteiger partial charge in [-0.05, 0) is 49.2 Å². The molecule has 0 bridgehead atoms. The third-order valence-electron chi connectivity index (χ3n) is 3.95. The van der Waals surface area contributed by atoms with Crippen molar-refractivity contribution in [3.05, 3.63) is 65.5 Å². The Morgan fingerprint density at radius 2 is 1.87 bits per heavy atom. The van der Waals surface area contributed by atoms with Gasteiger partial charge in [0, 0.05) is 24.3 Å². The van der Waals surface area contributed by atoms with Gasteiger partial charge < -0.3 is 5.32 Å². The number of carbonyl (C=O) groups is 1. The van der Waals surface area contributed by atoms with Crippen molar-refractivity contribution in [2.24, 2.45) is 0 Å². The third kappa shape index (κ3) is 3.59. The van der Waals surface area contributed by atoms with Crippen LogP contribution in [0.25, 0.3) is 10.8 Å². The Hall–Kier alpha value is -2.62. The highest BCUT2D eigenvalue weighted by Gasteiger charge is 2.06. The summed E-state index contributed by atoms with van der Waals surface area (Å²) < 4.78 is 1.98. The predicted molar refractivity (Wildman–Crippen MR) is 92.6 cm³/mol. The second kappa shape index (κ2) is 6.65. The van der Waals surface area contributed by atoms with Gasteiger partial charge in [0.15, 0.2) is 0 Å². The predicted octanol–water partition coefficient (Wildman–Crippen LogP) is 3.47. The van der Waals surface area contributed by atoms with Crippen molar-refractivity contribution in [1.29, 1.82) is 0 Å². The normalized spacial score (nSPS) is 10.9. The molecule has 4 heteroatoms. The van der Waals surface area contributed by atoms with E-state index in [1.54, 1.807) is 0 Å². The molecule has 0 saturated carbocycles. The fraction of sp³-hybridized carbons (Fsp3) is 0.263. The molecule has 2 aromatic carbocycles. The first-order valence-corrected chi connectivity index (χ1v) is 7.91. The molecule has 0 radical (unpaired) electrons. The molecule has 1 aromatic heterocycles. The van der Waals surface area contributed by atoms with Crippen LogP contribution in [0.1, 0.15) is 28.2 Å². The molecular formula is C19H21N3O. The summed E-state index contributed by atoms with van der Waals surface area (Å²) in [4.78, 5) is 12.2. The van der Waals surface area contributed by atoms with E-state index in [9.17, 15) is 4.79 Å². The minimum Gasteiger partial charge on any atom is -0.352 e. The van der Waals surface area contributed by atoms with E-state index in [1.165, 1.54) is 0 Å². The van der Waals surface area contributed by atoms with Crippen LogP contribution >= 0.6 is 0 Å². The summed E-state index contributed by atoms with van der Waals surface area (Å²) in [6.07, 6.45) is 0.862. The molecule has 1 heterocycles. The first-order chi connectivity index (χ1) is 11.1. The first kappa shape index (κ1) is 15.3. The summed E-state index contributed by atoms with van der Waals surface area (Å²) in [5.41, 5.74) is 2.89. The van der Waals surface area contributed by atoms with Crippen LogP contribution in [0.2, 0.25) is 0 Å². The van der Waals surface area contributed by atoms with E-state index in [1.807, 2.05) is 61.0 Å². The zero-order valence-corrected chi connectivity index (χ0v) is 13.5. The molecule has 3 aromatic rings. The molecule has 1 N–H and O–H groups in total. The standard InChI is InChI=1S/C19H21N3O/c1-14-12-15(2)22(21-14)11-5-10-20-19(23)18-9-8-16-6-3-4-7-17(16)13-18/h3-4,6-9,12-13H,5,10-11H2,1-2H3,(H,20,23). The first-order valence-electron chi connectivity index (χ1n) is 7.91. The van der Waals surface area contributed by atoms with Crippen molar-refractivity contribution in [1.82, 2.24) is 15.1 Å². The monoisotopic (exact) mass is 307 g/mol. The SMILES string of the molecule is Cc1cc(C)n(CCCNC(=O)c2ccc3ccccc3c2)n1. The number of fused-ring (bicyclic) bond motifs is 1. The van der Waals surface area contributed by atoms with Crippen LogP contribution in [0.5, 0.6) is 0 Å². The van der Waals surface area contributed by atoms with Crippen LogP contribution in [0.3, 0.4) is 0 Å². The Morgan fingerprint density at radius 1 is 1.09 bits per heavy atom. The van der Waals surface area contributed by atoms with Gasteiger partial charge in [-0.3, -0.25) is 9.48 Å². The summed E-state index contributed by atoms with van der Waals surface area (Å²) in [5.74, 6) is -0.0240. The Labute approximate surface area is 136 Å². The average molecular weight is 307 g/mol. The topological polar surface area (TPSA) is 46.9 Å². The molecule has 1 amide bonds. The molecule has 0 aliphatic carbocycles. The molecule has 4 nitrogen and oxygen atoms in total. The number of nitrogens with zero attached hydrogens (tertiary/aromatic N) is 2. The van der Waals surface area contributed by atoms with Crippen LogP contribution in [-0.4, -0.2) is 22.2 Å². The fourth-order valence-electron chi connectivity index (χ4n) is 2.76. The number of hydrogen-bond acceptors (Lipinski definition) is 2. The van der Waals surface area contributed by atoms with E-state index < -0.39 is 0 Å². The molecule has 0 unspecified atom stereocenters. The van der Waals surface area contributed by atoms with E-state index in [-0.39, 0.29) is 5.91 Å². The molecule has 118 valence electrons. The number of aryl methyl sites for hydroxylation is 3. The maximum atomic E-state index is 12.2. The number of benzene rings is 2. The Balaban J connectivity index is 1.55. The lowest BCUT2D eigenvalue weighted by Crippen LogP contribution is -2.25. The molecule has 0 aliphatic heterocycles. The van der Waals surface area contributed by atoms with Crippen LogP contribution in [0.4, 0.5) is 0 Å². The highest BCUT2D eigenvalue weighted by Crippen LogP contribution is 2.15. The van der Waals surface area contributed by atoms with Gasteiger partial charge in [-0.15, -0.1) is 0 Å². The van der Waals surface area contributed by atoms with Gasteiger partial charge in [0.25, 0.3) is 5.91 Å². The molecule has 0 saturated heterocycles. The number of nitrogens with one attached hydrogen (secondary N) is 1. The van der Waals surface area contributed by atoms with E-state index in [2.05, 4.69) is 16.5 Å². The van der Waals surface area contributed by atoms with Gasteiger partial charge in [0.05, 0.1) is 5.69 Å². The van der Waals surface area contributed by atoms with Crippen LogP contribution < -0.4 is 5.32 Å². The van der Waals surface area contributed by atoms with E-state index in [4.69, 9.17) is 0 Å². The number of hydrogen-bond donors (Lipinski definition) is 1. The zero-order valence-electron chi connectivity index (χ0n) is 13.5. The molecule has 0 atom stereocenters. The van der Waals surface area contributed by atoms with Crippen molar-refractivity contribution < 1.29 is 4.79 Å². The van der Waals surface area contributed by atoms with Crippen LogP contribution in [0.15, 0.2) is 48.5 Å². The Kier molecular flexibility index (Phi) is 4.42. The number of rotatable bonds is 5. The molecule has 0 aliphatic rings. The van der Waals surface area contributed by atoms with E-state index >= 15 is 0 Å². The van der Waals surface area contributed by atoms with Crippen molar-refractivity contribution in [3.8, 4) is 0 Å². The molecule has 0 spiro atoms. The summed E-state index contributed by atoms with van der Waals surface area (Å²) in [5, 5.41) is 9.64. The van der Waals surface area contributed by atoms with Crippen molar-refractivity contribution >= 4 is 16.7 Å². The Morgan fingerprint density at radius 3 is 2.61 bits per heavy atom. The molecule has 3 rings (SSSR count). The van der Waals surface area contributed by atoms with Crippen molar-refractivity contribution in [2.45, 2.75) is 26.8 Å². The average Bonchev–Trinajstić information content (AvgIpc) is 2.88. The third-order valence-corrected chi connectivity index (χ3v) is 3.95.